The largest absolute Gasteiger partial charge is 0.356 e. The van der Waals surface area contributed by atoms with Crippen molar-refractivity contribution in [3.8, 4) is 0 Å². The van der Waals surface area contributed by atoms with E-state index in [1.54, 1.807) is 0 Å². The molecule has 0 bridgehead atoms. The van der Waals surface area contributed by atoms with Gasteiger partial charge in [0, 0.05) is 44.0 Å². The Morgan fingerprint density at radius 1 is 1.33 bits per heavy atom. The van der Waals surface area contributed by atoms with Crippen molar-refractivity contribution in [2.24, 2.45) is 0 Å². The van der Waals surface area contributed by atoms with Gasteiger partial charge in [0.1, 0.15) is 0 Å². The molecule has 1 aromatic rings. The lowest BCUT2D eigenvalue weighted by Gasteiger charge is -2.37. The smallest absolute Gasteiger partial charge is 0.223 e. The molecule has 1 unspecified atom stereocenters. The summed E-state index contributed by atoms with van der Waals surface area (Å²) in [6.07, 6.45) is 1.35. The van der Waals surface area contributed by atoms with E-state index < -0.39 is 0 Å². The number of nitrogens with zero attached hydrogens (tertiary/aromatic N) is 1. The lowest BCUT2D eigenvalue weighted by molar-refractivity contribution is -0.134. The van der Waals surface area contributed by atoms with Crippen LogP contribution < -0.4 is 10.6 Å². The van der Waals surface area contributed by atoms with Crippen LogP contribution >= 0.6 is 24.0 Å². The normalized spacial score (nSPS) is 17.1. The minimum absolute atomic E-state index is 0. The van der Waals surface area contributed by atoms with Crippen LogP contribution in [0, 0.1) is 0 Å². The molecule has 2 N–H and O–H groups in total. The Kier molecular flexibility index (Phi) is 9.11. The van der Waals surface area contributed by atoms with E-state index in [2.05, 4.69) is 10.6 Å². The molecule has 2 rings (SSSR count). The van der Waals surface area contributed by atoms with Crippen molar-refractivity contribution < 1.29 is 9.59 Å². The molecule has 0 spiro atoms. The first kappa shape index (κ1) is 20.7. The number of amides is 2. The molecule has 1 saturated heterocycles. The van der Waals surface area contributed by atoms with E-state index in [0.29, 0.717) is 43.9 Å². The molecule has 24 heavy (non-hydrogen) atoms. The number of halogens is 2. The van der Waals surface area contributed by atoms with Crippen LogP contribution in [0.15, 0.2) is 24.3 Å². The van der Waals surface area contributed by atoms with Gasteiger partial charge < -0.3 is 15.5 Å². The maximum Gasteiger partial charge on any atom is 0.223 e. The van der Waals surface area contributed by atoms with Gasteiger partial charge in [-0.3, -0.25) is 9.59 Å². The molecule has 7 heteroatoms. The second-order valence-corrected chi connectivity index (χ2v) is 6.04. The molecule has 1 fully saturated rings. The fraction of sp³-hybridized carbons (Fsp3) is 0.529. The van der Waals surface area contributed by atoms with E-state index in [1.165, 1.54) is 0 Å². The third-order valence-electron chi connectivity index (χ3n) is 4.00. The molecule has 1 aliphatic rings. The van der Waals surface area contributed by atoms with Crippen LogP contribution in [0.4, 0.5) is 0 Å². The van der Waals surface area contributed by atoms with Gasteiger partial charge in [0.05, 0.1) is 6.04 Å². The van der Waals surface area contributed by atoms with E-state index >= 15 is 0 Å². The number of benzene rings is 1. The van der Waals surface area contributed by atoms with Gasteiger partial charge in [0.15, 0.2) is 0 Å². The highest BCUT2D eigenvalue weighted by Gasteiger charge is 2.28. The van der Waals surface area contributed by atoms with Crippen LogP contribution in [-0.4, -0.2) is 42.9 Å². The number of nitrogens with one attached hydrogen (secondary N) is 2. The molecule has 1 aromatic carbocycles. The quantitative estimate of drug-likeness (QED) is 0.805. The zero-order valence-electron chi connectivity index (χ0n) is 13.9. The fourth-order valence-electron chi connectivity index (χ4n) is 2.86. The van der Waals surface area contributed by atoms with Gasteiger partial charge >= 0.3 is 0 Å². The van der Waals surface area contributed by atoms with Gasteiger partial charge in [-0.15, -0.1) is 12.4 Å². The summed E-state index contributed by atoms with van der Waals surface area (Å²) in [4.78, 5) is 25.9. The topological polar surface area (TPSA) is 61.4 Å². The zero-order valence-corrected chi connectivity index (χ0v) is 15.5. The molecule has 0 radical (unpaired) electrons. The standard InChI is InChI=1S/C17H24ClN3O2.ClH/c1-2-20-16(22)8-5-9-17(23)21-11-10-19-12-15(21)13-6-3-4-7-14(13)18;/h3-4,6-7,15,19H,2,5,8-12H2,1H3,(H,20,22);1H. The van der Waals surface area contributed by atoms with Crippen LogP contribution in [0.5, 0.6) is 0 Å². The number of rotatable bonds is 6. The molecule has 1 aliphatic heterocycles. The van der Waals surface area contributed by atoms with Gasteiger partial charge in [0.2, 0.25) is 11.8 Å². The van der Waals surface area contributed by atoms with Gasteiger partial charge in [-0.05, 0) is 25.0 Å². The SMILES string of the molecule is CCNC(=O)CCCC(=O)N1CCNCC1c1ccccc1Cl.Cl. The average Bonchev–Trinajstić information content (AvgIpc) is 2.55. The predicted molar refractivity (Wildman–Crippen MR) is 98.6 cm³/mol. The summed E-state index contributed by atoms with van der Waals surface area (Å²) in [5.41, 5.74) is 0.971. The lowest BCUT2D eigenvalue weighted by Crippen LogP contribution is -2.48. The molecule has 1 heterocycles. The van der Waals surface area contributed by atoms with Crippen molar-refractivity contribution >= 4 is 35.8 Å². The molecule has 0 saturated carbocycles. The van der Waals surface area contributed by atoms with Crippen LogP contribution in [0.1, 0.15) is 37.8 Å². The molecule has 0 aromatic heterocycles. The van der Waals surface area contributed by atoms with Crippen LogP contribution in [-0.2, 0) is 9.59 Å². The van der Waals surface area contributed by atoms with Gasteiger partial charge in [-0.2, -0.15) is 0 Å². The van der Waals surface area contributed by atoms with E-state index in [4.69, 9.17) is 11.6 Å². The predicted octanol–water partition coefficient (Wildman–Crippen LogP) is 2.54. The van der Waals surface area contributed by atoms with Gasteiger partial charge in [-0.25, -0.2) is 0 Å². The highest BCUT2D eigenvalue weighted by atomic mass is 35.5. The van der Waals surface area contributed by atoms with E-state index in [0.717, 1.165) is 12.1 Å². The lowest BCUT2D eigenvalue weighted by atomic mass is 10.0. The molecular weight excluding hydrogens is 349 g/mol. The van der Waals surface area contributed by atoms with Crippen molar-refractivity contribution in [1.82, 2.24) is 15.5 Å². The summed E-state index contributed by atoms with van der Waals surface area (Å²) in [6, 6.07) is 7.60. The first-order valence-corrected chi connectivity index (χ1v) is 8.52. The number of piperazine rings is 1. The minimum Gasteiger partial charge on any atom is -0.356 e. The molecule has 2 amide bonds. The Morgan fingerprint density at radius 3 is 2.79 bits per heavy atom. The molecule has 5 nitrogen and oxygen atoms in total. The molecule has 134 valence electrons. The summed E-state index contributed by atoms with van der Waals surface area (Å²) in [7, 11) is 0. The highest BCUT2D eigenvalue weighted by molar-refractivity contribution is 6.31. The number of carbonyl (C=O) groups excluding carboxylic acids is 2. The Labute approximate surface area is 154 Å². The molecule has 0 aliphatic carbocycles. The first-order chi connectivity index (χ1) is 11.1. The van der Waals surface area contributed by atoms with Crippen LogP contribution in [0.25, 0.3) is 0 Å². The van der Waals surface area contributed by atoms with Gasteiger partial charge in [0.25, 0.3) is 0 Å². The van der Waals surface area contributed by atoms with E-state index in [1.807, 2.05) is 36.1 Å². The Morgan fingerprint density at radius 2 is 2.08 bits per heavy atom. The first-order valence-electron chi connectivity index (χ1n) is 8.14. The average molecular weight is 374 g/mol. The monoisotopic (exact) mass is 373 g/mol. The zero-order chi connectivity index (χ0) is 16.7. The van der Waals surface area contributed by atoms with Crippen molar-refractivity contribution in [2.75, 3.05) is 26.2 Å². The Bertz CT molecular complexity index is 554. The highest BCUT2D eigenvalue weighted by Crippen LogP contribution is 2.29. The Hall–Kier alpha value is -1.30. The third kappa shape index (κ3) is 5.65. The number of carbonyl (C=O) groups is 2. The van der Waals surface area contributed by atoms with E-state index in [-0.39, 0.29) is 30.3 Å². The third-order valence-corrected chi connectivity index (χ3v) is 4.34. The van der Waals surface area contributed by atoms with Crippen LogP contribution in [0.3, 0.4) is 0 Å². The van der Waals surface area contributed by atoms with Crippen LogP contribution in [0.2, 0.25) is 5.02 Å². The number of hydrogen-bond acceptors (Lipinski definition) is 3. The second-order valence-electron chi connectivity index (χ2n) is 5.64. The minimum atomic E-state index is -0.0468. The summed E-state index contributed by atoms with van der Waals surface area (Å²) >= 11 is 6.29. The fourth-order valence-corrected chi connectivity index (χ4v) is 3.12. The van der Waals surface area contributed by atoms with Crippen molar-refractivity contribution in [3.63, 3.8) is 0 Å². The number of hydrogen-bond donors (Lipinski definition) is 2. The maximum atomic E-state index is 12.6. The molecule has 1 atom stereocenters. The van der Waals surface area contributed by atoms with Gasteiger partial charge in [-0.1, -0.05) is 29.8 Å². The summed E-state index contributed by atoms with van der Waals surface area (Å²) in [5, 5.41) is 6.75. The van der Waals surface area contributed by atoms with Crippen molar-refractivity contribution in [3.05, 3.63) is 34.9 Å². The van der Waals surface area contributed by atoms with Crippen molar-refractivity contribution in [1.29, 1.82) is 0 Å². The summed E-state index contributed by atoms with van der Waals surface area (Å²) < 4.78 is 0. The Balaban J connectivity index is 0.00000288. The second kappa shape index (κ2) is 10.5. The summed E-state index contributed by atoms with van der Waals surface area (Å²) in [6.45, 7) is 4.65. The van der Waals surface area contributed by atoms with E-state index in [9.17, 15) is 9.59 Å². The summed E-state index contributed by atoms with van der Waals surface area (Å²) in [5.74, 6) is 0.0870. The molecular formula is C17H25Cl2N3O2. The van der Waals surface area contributed by atoms with Crippen molar-refractivity contribution in [2.45, 2.75) is 32.2 Å². The maximum absolute atomic E-state index is 12.6.